The molecule has 1 saturated heterocycles. The van der Waals surface area contributed by atoms with Gasteiger partial charge in [0.05, 0.1) is 16.8 Å². The third kappa shape index (κ3) is 1.74. The van der Waals surface area contributed by atoms with Gasteiger partial charge in [0, 0.05) is 12.5 Å². The minimum absolute atomic E-state index is 0.309. The summed E-state index contributed by atoms with van der Waals surface area (Å²) in [4.78, 5) is 8.65. The first-order valence-electron chi connectivity index (χ1n) is 4.55. The van der Waals surface area contributed by atoms with Gasteiger partial charge >= 0.3 is 0 Å². The Morgan fingerprint density at radius 1 is 1.50 bits per heavy atom. The van der Waals surface area contributed by atoms with Crippen molar-refractivity contribution in [2.24, 2.45) is 0 Å². The average molecular weight is 258 g/mol. The molecule has 1 aromatic heterocycles. The standard InChI is InChI=1S/C9H12BrN3O/c1-5-7(10)8(11)13-9(12-5)6-2-3-14-4-6/h6H,2-4H2,1H3,(H2,11,12,13). The van der Waals surface area contributed by atoms with Crippen molar-refractivity contribution >= 4 is 21.7 Å². The second-order valence-corrected chi connectivity index (χ2v) is 4.22. The summed E-state index contributed by atoms with van der Waals surface area (Å²) in [5, 5.41) is 0. The van der Waals surface area contributed by atoms with Crippen LogP contribution in [0.1, 0.15) is 23.9 Å². The number of anilines is 1. The maximum atomic E-state index is 5.75. The Bertz CT molecular complexity index is 327. The van der Waals surface area contributed by atoms with Crippen LogP contribution in [0, 0.1) is 6.92 Å². The summed E-state index contributed by atoms with van der Waals surface area (Å²) in [7, 11) is 0. The molecular weight excluding hydrogens is 246 g/mol. The van der Waals surface area contributed by atoms with Crippen LogP contribution in [0.4, 0.5) is 5.82 Å². The number of nitrogens with two attached hydrogens (primary N) is 1. The summed E-state index contributed by atoms with van der Waals surface area (Å²) in [5.41, 5.74) is 6.64. The first-order chi connectivity index (χ1) is 6.68. The van der Waals surface area contributed by atoms with Gasteiger partial charge in [0.1, 0.15) is 11.6 Å². The second kappa shape index (κ2) is 3.82. The van der Waals surface area contributed by atoms with E-state index in [0.29, 0.717) is 18.3 Å². The zero-order valence-electron chi connectivity index (χ0n) is 7.96. The summed E-state index contributed by atoms with van der Waals surface area (Å²) < 4.78 is 6.08. The van der Waals surface area contributed by atoms with Gasteiger partial charge in [0.15, 0.2) is 0 Å². The summed E-state index contributed by atoms with van der Waals surface area (Å²) >= 11 is 3.34. The molecular formula is C9H12BrN3O. The molecule has 1 unspecified atom stereocenters. The van der Waals surface area contributed by atoms with Crippen molar-refractivity contribution in [1.29, 1.82) is 0 Å². The lowest BCUT2D eigenvalue weighted by Crippen LogP contribution is -2.08. The average Bonchev–Trinajstić information content (AvgIpc) is 2.66. The molecule has 1 fully saturated rings. The molecule has 1 aliphatic heterocycles. The molecule has 0 aliphatic carbocycles. The van der Waals surface area contributed by atoms with Crippen molar-refractivity contribution in [3.8, 4) is 0 Å². The first-order valence-corrected chi connectivity index (χ1v) is 5.35. The van der Waals surface area contributed by atoms with E-state index in [4.69, 9.17) is 10.5 Å². The van der Waals surface area contributed by atoms with Crippen molar-refractivity contribution in [2.75, 3.05) is 18.9 Å². The van der Waals surface area contributed by atoms with Crippen LogP contribution < -0.4 is 5.73 Å². The van der Waals surface area contributed by atoms with E-state index in [-0.39, 0.29) is 0 Å². The molecule has 1 aliphatic rings. The van der Waals surface area contributed by atoms with E-state index in [1.165, 1.54) is 0 Å². The lowest BCUT2D eigenvalue weighted by molar-refractivity contribution is 0.193. The first kappa shape index (κ1) is 9.86. The van der Waals surface area contributed by atoms with E-state index < -0.39 is 0 Å². The van der Waals surface area contributed by atoms with Gasteiger partial charge in [-0.2, -0.15) is 0 Å². The van der Waals surface area contributed by atoms with Gasteiger partial charge in [0.25, 0.3) is 0 Å². The van der Waals surface area contributed by atoms with Crippen molar-refractivity contribution in [3.63, 3.8) is 0 Å². The Labute approximate surface area is 91.0 Å². The van der Waals surface area contributed by atoms with Crippen LogP contribution in [0.5, 0.6) is 0 Å². The molecule has 4 nitrogen and oxygen atoms in total. The van der Waals surface area contributed by atoms with E-state index in [1.54, 1.807) is 0 Å². The Balaban J connectivity index is 2.34. The van der Waals surface area contributed by atoms with Crippen LogP contribution in [0.25, 0.3) is 0 Å². The second-order valence-electron chi connectivity index (χ2n) is 3.43. The van der Waals surface area contributed by atoms with Crippen molar-refractivity contribution in [2.45, 2.75) is 19.3 Å². The number of aryl methyl sites for hydroxylation is 1. The fourth-order valence-electron chi connectivity index (χ4n) is 1.52. The summed E-state index contributed by atoms with van der Waals surface area (Å²) in [5.74, 6) is 1.63. The molecule has 0 spiro atoms. The zero-order valence-corrected chi connectivity index (χ0v) is 9.54. The molecule has 1 atom stereocenters. The fraction of sp³-hybridized carbons (Fsp3) is 0.556. The molecule has 2 heterocycles. The Kier molecular flexibility index (Phi) is 2.69. The smallest absolute Gasteiger partial charge is 0.141 e. The van der Waals surface area contributed by atoms with Crippen LogP contribution >= 0.6 is 15.9 Å². The van der Waals surface area contributed by atoms with Crippen LogP contribution in [-0.2, 0) is 4.74 Å². The van der Waals surface area contributed by atoms with Gasteiger partial charge in [-0.15, -0.1) is 0 Å². The van der Waals surface area contributed by atoms with E-state index in [9.17, 15) is 0 Å². The number of rotatable bonds is 1. The minimum Gasteiger partial charge on any atom is -0.383 e. The van der Waals surface area contributed by atoms with E-state index in [1.807, 2.05) is 6.92 Å². The normalized spacial score (nSPS) is 21.4. The van der Waals surface area contributed by atoms with Gasteiger partial charge in [-0.1, -0.05) is 0 Å². The van der Waals surface area contributed by atoms with Crippen LogP contribution in [0.3, 0.4) is 0 Å². The SMILES string of the molecule is Cc1nc(C2CCOC2)nc(N)c1Br. The van der Waals surface area contributed by atoms with Crippen molar-refractivity contribution in [1.82, 2.24) is 9.97 Å². The highest BCUT2D eigenvalue weighted by molar-refractivity contribution is 9.10. The quantitative estimate of drug-likeness (QED) is 0.831. The van der Waals surface area contributed by atoms with Crippen LogP contribution in [0.15, 0.2) is 4.47 Å². The Morgan fingerprint density at radius 2 is 2.29 bits per heavy atom. The molecule has 0 aromatic carbocycles. The minimum atomic E-state index is 0.309. The lowest BCUT2D eigenvalue weighted by atomic mass is 10.1. The van der Waals surface area contributed by atoms with Gasteiger partial charge in [-0.25, -0.2) is 9.97 Å². The monoisotopic (exact) mass is 257 g/mol. The predicted octanol–water partition coefficient (Wildman–Crippen LogP) is 1.63. The molecule has 5 heteroatoms. The van der Waals surface area contributed by atoms with E-state index in [0.717, 1.165) is 29.0 Å². The van der Waals surface area contributed by atoms with Crippen LogP contribution in [0.2, 0.25) is 0 Å². The number of halogens is 1. The largest absolute Gasteiger partial charge is 0.383 e. The van der Waals surface area contributed by atoms with Gasteiger partial charge in [-0.05, 0) is 29.3 Å². The highest BCUT2D eigenvalue weighted by Crippen LogP contribution is 2.26. The fourth-order valence-corrected chi connectivity index (χ4v) is 1.70. The molecule has 1 aromatic rings. The van der Waals surface area contributed by atoms with Gasteiger partial charge < -0.3 is 10.5 Å². The lowest BCUT2D eigenvalue weighted by Gasteiger charge is -2.09. The molecule has 0 bridgehead atoms. The van der Waals surface area contributed by atoms with Crippen molar-refractivity contribution < 1.29 is 4.74 Å². The molecule has 2 rings (SSSR count). The highest BCUT2D eigenvalue weighted by atomic mass is 79.9. The molecule has 0 radical (unpaired) electrons. The molecule has 0 saturated carbocycles. The third-order valence-corrected chi connectivity index (χ3v) is 3.33. The number of nitrogen functional groups attached to an aromatic ring is 1. The number of aromatic nitrogens is 2. The highest BCUT2D eigenvalue weighted by Gasteiger charge is 2.21. The number of hydrogen-bond donors (Lipinski definition) is 1. The number of hydrogen-bond acceptors (Lipinski definition) is 4. The predicted molar refractivity (Wildman–Crippen MR) is 57.1 cm³/mol. The zero-order chi connectivity index (χ0) is 10.1. The summed E-state index contributed by atoms with van der Waals surface area (Å²) in [6, 6.07) is 0. The van der Waals surface area contributed by atoms with Crippen molar-refractivity contribution in [3.05, 3.63) is 16.0 Å². The number of ether oxygens (including phenoxy) is 1. The molecule has 14 heavy (non-hydrogen) atoms. The van der Waals surface area contributed by atoms with E-state index >= 15 is 0 Å². The summed E-state index contributed by atoms with van der Waals surface area (Å²) in [6.07, 6.45) is 0.987. The van der Waals surface area contributed by atoms with Gasteiger partial charge in [0.2, 0.25) is 0 Å². The maximum Gasteiger partial charge on any atom is 0.141 e. The molecule has 0 amide bonds. The maximum absolute atomic E-state index is 5.75. The third-order valence-electron chi connectivity index (χ3n) is 2.35. The van der Waals surface area contributed by atoms with E-state index in [2.05, 4.69) is 25.9 Å². The van der Waals surface area contributed by atoms with Gasteiger partial charge in [-0.3, -0.25) is 0 Å². The molecule has 76 valence electrons. The number of nitrogens with zero attached hydrogens (tertiary/aromatic N) is 2. The van der Waals surface area contributed by atoms with Crippen LogP contribution in [-0.4, -0.2) is 23.2 Å². The Hall–Kier alpha value is -0.680. The Morgan fingerprint density at radius 3 is 2.86 bits per heavy atom. The molecule has 2 N–H and O–H groups in total. The summed E-state index contributed by atoms with van der Waals surface area (Å²) in [6.45, 7) is 3.42. The topological polar surface area (TPSA) is 61.0 Å².